The summed E-state index contributed by atoms with van der Waals surface area (Å²) >= 11 is 7.71. The number of anilines is 1. The third-order valence-electron chi connectivity index (χ3n) is 5.63. The molecule has 9 heteroatoms. The van der Waals surface area contributed by atoms with Crippen molar-refractivity contribution in [2.45, 2.75) is 37.0 Å². The minimum atomic E-state index is -0.484. The summed E-state index contributed by atoms with van der Waals surface area (Å²) in [6.45, 7) is 0. The molecule has 2 aromatic rings. The van der Waals surface area contributed by atoms with Gasteiger partial charge in [0.05, 0.1) is 11.1 Å². The zero-order valence-corrected chi connectivity index (χ0v) is 16.6. The van der Waals surface area contributed by atoms with Crippen LogP contribution in [-0.2, 0) is 6.42 Å². The van der Waals surface area contributed by atoms with Crippen LogP contribution < -0.4 is 5.32 Å². The molecule has 1 N–H and O–H groups in total. The Labute approximate surface area is 171 Å². The van der Waals surface area contributed by atoms with Crippen LogP contribution in [0.25, 0.3) is 0 Å². The van der Waals surface area contributed by atoms with Crippen molar-refractivity contribution in [2.75, 3.05) is 11.1 Å². The van der Waals surface area contributed by atoms with E-state index in [1.807, 2.05) is 17.8 Å². The Bertz CT molecular complexity index is 887. The first kappa shape index (κ1) is 19.4. The molecule has 148 valence electrons. The number of fused-ring (bicyclic) bond motifs is 2. The molecule has 4 atom stereocenters. The Morgan fingerprint density at radius 2 is 2.21 bits per heavy atom. The second-order valence-electron chi connectivity index (χ2n) is 7.41. The average molecular weight is 423 g/mol. The van der Waals surface area contributed by atoms with Gasteiger partial charge in [-0.1, -0.05) is 12.1 Å². The first-order valence-electron chi connectivity index (χ1n) is 9.29. The van der Waals surface area contributed by atoms with Gasteiger partial charge >= 0.3 is 0 Å². The number of nitrogens with one attached hydrogen (secondary N) is 1. The minimum Gasteiger partial charge on any atom is -0.364 e. The summed E-state index contributed by atoms with van der Waals surface area (Å²) in [4.78, 5) is 18.2. The number of aromatic nitrogens is 2. The number of aryl methyl sites for hydroxylation is 1. The summed E-state index contributed by atoms with van der Waals surface area (Å²) in [7, 11) is 0. The van der Waals surface area contributed by atoms with E-state index >= 15 is 0 Å². The van der Waals surface area contributed by atoms with Gasteiger partial charge in [0.15, 0.2) is 11.6 Å². The predicted octanol–water partition coefficient (Wildman–Crippen LogP) is 4.73. The molecule has 2 saturated carbocycles. The van der Waals surface area contributed by atoms with Crippen LogP contribution >= 0.6 is 23.4 Å². The van der Waals surface area contributed by atoms with Gasteiger partial charge in [-0.25, -0.2) is 9.37 Å². The maximum atomic E-state index is 13.9. The van der Waals surface area contributed by atoms with Crippen LogP contribution in [0.4, 0.5) is 15.9 Å². The van der Waals surface area contributed by atoms with E-state index in [1.54, 1.807) is 12.1 Å². The van der Waals surface area contributed by atoms with Crippen molar-refractivity contribution < 1.29 is 9.31 Å². The quantitative estimate of drug-likeness (QED) is 0.394. The SMILES string of the molecule is O=[N+]([O-])c1cccc(CCSC2CC3CC(Nc4nc(Cl)ncc4F)C2C3)c1. The number of benzene rings is 1. The van der Waals surface area contributed by atoms with Crippen molar-refractivity contribution in [3.8, 4) is 0 Å². The topological polar surface area (TPSA) is 81.0 Å². The van der Waals surface area contributed by atoms with Crippen molar-refractivity contribution in [2.24, 2.45) is 11.8 Å². The van der Waals surface area contributed by atoms with Crippen LogP contribution in [0.3, 0.4) is 0 Å². The molecule has 6 nitrogen and oxygen atoms in total. The van der Waals surface area contributed by atoms with Crippen LogP contribution in [0.5, 0.6) is 0 Å². The van der Waals surface area contributed by atoms with Crippen molar-refractivity contribution >= 4 is 34.9 Å². The number of non-ortho nitro benzene ring substituents is 1. The Morgan fingerprint density at radius 1 is 1.36 bits per heavy atom. The predicted molar refractivity (Wildman–Crippen MR) is 108 cm³/mol. The molecule has 0 radical (unpaired) electrons. The summed E-state index contributed by atoms with van der Waals surface area (Å²) < 4.78 is 13.9. The molecule has 2 bridgehead atoms. The van der Waals surface area contributed by atoms with E-state index in [0.717, 1.165) is 36.8 Å². The lowest BCUT2D eigenvalue weighted by atomic mass is 9.95. The molecule has 4 rings (SSSR count). The number of nitro groups is 1. The van der Waals surface area contributed by atoms with Crippen LogP contribution in [0.1, 0.15) is 24.8 Å². The number of thioether (sulfide) groups is 1. The van der Waals surface area contributed by atoms with E-state index < -0.39 is 5.82 Å². The fourth-order valence-electron chi connectivity index (χ4n) is 4.42. The van der Waals surface area contributed by atoms with E-state index in [9.17, 15) is 14.5 Å². The largest absolute Gasteiger partial charge is 0.364 e. The fraction of sp³-hybridized carbons (Fsp3) is 0.474. The molecular weight excluding hydrogens is 403 g/mol. The second kappa shape index (κ2) is 8.21. The third-order valence-corrected chi connectivity index (χ3v) is 7.23. The summed E-state index contributed by atoms with van der Waals surface area (Å²) in [5.74, 6) is 1.72. The third kappa shape index (κ3) is 4.22. The van der Waals surface area contributed by atoms with E-state index in [1.165, 1.54) is 12.5 Å². The Kier molecular flexibility index (Phi) is 5.68. The molecule has 2 aliphatic rings. The normalized spacial score (nSPS) is 25.8. The smallest absolute Gasteiger partial charge is 0.269 e. The van der Waals surface area contributed by atoms with E-state index in [2.05, 4.69) is 15.3 Å². The molecule has 1 heterocycles. The number of nitro benzene ring substituents is 1. The highest BCUT2D eigenvalue weighted by Crippen LogP contribution is 2.50. The van der Waals surface area contributed by atoms with Gasteiger partial charge in [0.25, 0.3) is 5.69 Å². The number of halogens is 2. The van der Waals surface area contributed by atoms with Crippen molar-refractivity contribution in [1.82, 2.24) is 9.97 Å². The zero-order valence-electron chi connectivity index (χ0n) is 15.1. The molecular formula is C19H20ClFN4O2S. The van der Waals surface area contributed by atoms with Gasteiger partial charge in [-0.15, -0.1) is 0 Å². The van der Waals surface area contributed by atoms with Gasteiger partial charge in [-0.3, -0.25) is 10.1 Å². The van der Waals surface area contributed by atoms with Gasteiger partial charge in [0, 0.05) is 23.4 Å². The van der Waals surface area contributed by atoms with Crippen molar-refractivity contribution in [1.29, 1.82) is 0 Å². The summed E-state index contributed by atoms with van der Waals surface area (Å²) in [5, 5.41) is 14.7. The van der Waals surface area contributed by atoms with Crippen molar-refractivity contribution in [3.63, 3.8) is 0 Å². The average Bonchev–Trinajstić information content (AvgIpc) is 3.25. The van der Waals surface area contributed by atoms with E-state index in [4.69, 9.17) is 11.6 Å². The van der Waals surface area contributed by atoms with E-state index in [-0.39, 0.29) is 27.8 Å². The Hall–Kier alpha value is -1.93. The molecule has 0 aliphatic heterocycles. The van der Waals surface area contributed by atoms with E-state index in [0.29, 0.717) is 17.1 Å². The molecule has 1 aromatic heterocycles. The van der Waals surface area contributed by atoms with Gasteiger partial charge in [-0.2, -0.15) is 16.7 Å². The van der Waals surface area contributed by atoms with Crippen LogP contribution in [0.2, 0.25) is 5.28 Å². The monoisotopic (exact) mass is 422 g/mol. The Morgan fingerprint density at radius 3 is 3.00 bits per heavy atom. The zero-order chi connectivity index (χ0) is 19.7. The molecule has 0 amide bonds. The highest BCUT2D eigenvalue weighted by atomic mass is 35.5. The van der Waals surface area contributed by atoms with Crippen molar-refractivity contribution in [3.05, 3.63) is 57.2 Å². The maximum Gasteiger partial charge on any atom is 0.269 e. The lowest BCUT2D eigenvalue weighted by Gasteiger charge is -2.30. The van der Waals surface area contributed by atoms with Gasteiger partial charge in [0.2, 0.25) is 5.28 Å². The lowest BCUT2D eigenvalue weighted by molar-refractivity contribution is -0.384. The van der Waals surface area contributed by atoms with Gasteiger partial charge in [-0.05, 0) is 60.4 Å². The first-order valence-corrected chi connectivity index (χ1v) is 10.7. The second-order valence-corrected chi connectivity index (χ2v) is 9.09. The Balaban J connectivity index is 1.33. The molecule has 2 fully saturated rings. The van der Waals surface area contributed by atoms with Crippen LogP contribution in [0.15, 0.2) is 30.5 Å². The standard InChI is InChI=1S/C19H20ClFN4O2S/c20-19-22-10-15(21)18(24-19)23-16-8-12-7-14(16)17(9-12)28-5-4-11-2-1-3-13(6-11)25(26)27/h1-3,6,10,12,14,16-17H,4-5,7-9H2,(H,22,23,24). The highest BCUT2D eigenvalue weighted by molar-refractivity contribution is 7.99. The molecule has 0 saturated heterocycles. The van der Waals surface area contributed by atoms with Crippen LogP contribution in [-0.4, -0.2) is 31.9 Å². The molecule has 0 spiro atoms. The summed E-state index contributed by atoms with van der Waals surface area (Å²) in [6.07, 6.45) is 5.24. The molecule has 4 unspecified atom stereocenters. The number of hydrogen-bond donors (Lipinski definition) is 1. The minimum absolute atomic E-state index is 0.0370. The number of hydrogen-bond acceptors (Lipinski definition) is 6. The van der Waals surface area contributed by atoms with Gasteiger partial charge < -0.3 is 5.32 Å². The van der Waals surface area contributed by atoms with Crippen LogP contribution in [0, 0.1) is 27.8 Å². The highest BCUT2D eigenvalue weighted by Gasteiger charge is 2.46. The molecule has 2 aliphatic carbocycles. The number of rotatable bonds is 7. The fourth-order valence-corrected chi connectivity index (χ4v) is 6.17. The first-order chi connectivity index (χ1) is 13.5. The maximum absolute atomic E-state index is 13.9. The lowest BCUT2D eigenvalue weighted by Crippen LogP contribution is -2.33. The van der Waals surface area contributed by atoms with Gasteiger partial charge in [0.1, 0.15) is 0 Å². The number of nitrogens with zero attached hydrogens (tertiary/aromatic N) is 3. The summed E-state index contributed by atoms with van der Waals surface area (Å²) in [6, 6.07) is 7.01. The molecule has 1 aromatic carbocycles. The molecule has 28 heavy (non-hydrogen) atoms. The summed E-state index contributed by atoms with van der Waals surface area (Å²) in [5.41, 5.74) is 1.12.